The first kappa shape index (κ1) is 19.8. The van der Waals surface area contributed by atoms with Gasteiger partial charge in [-0.1, -0.05) is 43.0 Å². The first-order chi connectivity index (χ1) is 13.0. The van der Waals surface area contributed by atoms with Gasteiger partial charge in [-0.3, -0.25) is 0 Å². The van der Waals surface area contributed by atoms with E-state index in [0.29, 0.717) is 16.9 Å². The number of benzene rings is 1. The first-order valence-electron chi connectivity index (χ1n) is 9.21. The topological polar surface area (TPSA) is 59.1 Å². The lowest BCUT2D eigenvalue weighted by Gasteiger charge is -2.38. The zero-order valence-corrected chi connectivity index (χ0v) is 17.3. The highest BCUT2D eigenvalue weighted by Gasteiger charge is 2.34. The van der Waals surface area contributed by atoms with Crippen molar-refractivity contribution in [3.63, 3.8) is 0 Å². The second-order valence-electron chi connectivity index (χ2n) is 7.03. The fraction of sp³-hybridized carbons (Fsp3) is 0.450. The van der Waals surface area contributed by atoms with Crippen LogP contribution in [0.4, 0.5) is 5.95 Å². The second-order valence-corrected chi connectivity index (χ2v) is 7.88. The van der Waals surface area contributed by atoms with Crippen molar-refractivity contribution in [2.24, 2.45) is 0 Å². The molecule has 144 valence electrons. The van der Waals surface area contributed by atoms with Crippen LogP contribution in [0.2, 0.25) is 5.02 Å². The minimum Gasteiger partial charge on any atom is -0.481 e. The van der Waals surface area contributed by atoms with Crippen molar-refractivity contribution in [1.82, 2.24) is 15.3 Å². The van der Waals surface area contributed by atoms with Gasteiger partial charge in [0, 0.05) is 28.7 Å². The first-order valence-corrected chi connectivity index (χ1v) is 10.00. The van der Waals surface area contributed by atoms with Crippen LogP contribution in [0, 0.1) is 6.92 Å². The van der Waals surface area contributed by atoms with E-state index in [2.05, 4.69) is 32.7 Å². The summed E-state index contributed by atoms with van der Waals surface area (Å²) in [5, 5.41) is 7.73. The lowest BCUT2D eigenvalue weighted by atomic mass is 9.69. The molecule has 0 aliphatic heterocycles. The average molecular weight is 405 g/mol. The standard InChI is InChI=1S/C20H25ClN4OS/c1-14-11-17(26-2)24-18(23-14)25-19(27)22-13-20(9-4-3-5-10-20)15-7-6-8-16(21)12-15/h6-8,11-12H,3-5,9-10,13H2,1-2H3,(H2,22,23,24,25,27). The molecule has 1 fully saturated rings. The molecule has 0 saturated heterocycles. The van der Waals surface area contributed by atoms with Gasteiger partial charge in [0.25, 0.3) is 0 Å². The van der Waals surface area contributed by atoms with Gasteiger partial charge in [-0.15, -0.1) is 0 Å². The fourth-order valence-corrected chi connectivity index (χ4v) is 4.06. The van der Waals surface area contributed by atoms with E-state index in [4.69, 9.17) is 28.6 Å². The van der Waals surface area contributed by atoms with E-state index in [1.54, 1.807) is 13.2 Å². The number of methoxy groups -OCH3 is 1. The highest BCUT2D eigenvalue weighted by Crippen LogP contribution is 2.39. The molecule has 2 aromatic rings. The van der Waals surface area contributed by atoms with Crippen molar-refractivity contribution in [3.8, 4) is 5.88 Å². The number of hydrogen-bond acceptors (Lipinski definition) is 4. The van der Waals surface area contributed by atoms with Crippen LogP contribution in [-0.4, -0.2) is 28.7 Å². The zero-order chi connectivity index (χ0) is 19.3. The van der Waals surface area contributed by atoms with Gasteiger partial charge in [0.15, 0.2) is 5.11 Å². The number of halogens is 1. The average Bonchev–Trinajstić information content (AvgIpc) is 2.66. The monoisotopic (exact) mass is 404 g/mol. The third-order valence-electron chi connectivity index (χ3n) is 5.10. The quantitative estimate of drug-likeness (QED) is 0.708. The van der Waals surface area contributed by atoms with Crippen LogP contribution in [0.25, 0.3) is 0 Å². The van der Waals surface area contributed by atoms with E-state index >= 15 is 0 Å². The van der Waals surface area contributed by atoms with Crippen molar-refractivity contribution in [3.05, 3.63) is 46.6 Å². The number of nitrogens with one attached hydrogen (secondary N) is 2. The van der Waals surface area contributed by atoms with Crippen LogP contribution in [0.5, 0.6) is 5.88 Å². The number of thiocarbonyl (C=S) groups is 1. The van der Waals surface area contributed by atoms with E-state index < -0.39 is 0 Å². The lowest BCUT2D eigenvalue weighted by molar-refractivity contribution is 0.292. The Bertz CT molecular complexity index is 808. The molecule has 2 N–H and O–H groups in total. The predicted octanol–water partition coefficient (Wildman–Crippen LogP) is 4.64. The minimum atomic E-state index is 0.0417. The van der Waals surface area contributed by atoms with Crippen LogP contribution >= 0.6 is 23.8 Å². The fourth-order valence-electron chi connectivity index (χ4n) is 3.71. The Hall–Kier alpha value is -1.92. The van der Waals surface area contributed by atoms with Gasteiger partial charge in [-0.2, -0.15) is 4.98 Å². The van der Waals surface area contributed by atoms with Crippen molar-refractivity contribution in [2.75, 3.05) is 19.0 Å². The third kappa shape index (κ3) is 5.08. The summed E-state index contributed by atoms with van der Waals surface area (Å²) in [6.45, 7) is 2.64. The molecule has 0 bridgehead atoms. The Morgan fingerprint density at radius 1 is 1.22 bits per heavy atom. The summed E-state index contributed by atoms with van der Waals surface area (Å²) in [5.41, 5.74) is 2.13. The van der Waals surface area contributed by atoms with Gasteiger partial charge in [-0.05, 0) is 49.7 Å². The normalized spacial score (nSPS) is 15.8. The highest BCUT2D eigenvalue weighted by atomic mass is 35.5. The number of hydrogen-bond donors (Lipinski definition) is 2. The largest absolute Gasteiger partial charge is 0.481 e. The van der Waals surface area contributed by atoms with E-state index in [-0.39, 0.29) is 5.41 Å². The summed E-state index contributed by atoms with van der Waals surface area (Å²) in [5.74, 6) is 0.945. The summed E-state index contributed by atoms with van der Waals surface area (Å²) in [4.78, 5) is 8.64. The Morgan fingerprint density at radius 2 is 2.00 bits per heavy atom. The molecule has 1 aliphatic carbocycles. The summed E-state index contributed by atoms with van der Waals surface area (Å²) in [7, 11) is 1.58. The minimum absolute atomic E-state index is 0.0417. The zero-order valence-electron chi connectivity index (χ0n) is 15.7. The van der Waals surface area contributed by atoms with Gasteiger partial charge in [-0.25, -0.2) is 4.98 Å². The number of anilines is 1. The smallest absolute Gasteiger partial charge is 0.232 e. The van der Waals surface area contributed by atoms with Gasteiger partial charge >= 0.3 is 0 Å². The highest BCUT2D eigenvalue weighted by molar-refractivity contribution is 7.80. The molecule has 1 aromatic carbocycles. The molecule has 0 spiro atoms. The number of aromatic nitrogens is 2. The van der Waals surface area contributed by atoms with E-state index in [0.717, 1.165) is 30.1 Å². The second kappa shape index (κ2) is 8.85. The van der Waals surface area contributed by atoms with Crippen LogP contribution in [0.15, 0.2) is 30.3 Å². The van der Waals surface area contributed by atoms with E-state index in [1.165, 1.54) is 24.8 Å². The van der Waals surface area contributed by atoms with Crippen LogP contribution in [0.3, 0.4) is 0 Å². The molecule has 1 aromatic heterocycles. The van der Waals surface area contributed by atoms with Crippen LogP contribution < -0.4 is 15.4 Å². The van der Waals surface area contributed by atoms with Crippen molar-refractivity contribution < 1.29 is 4.74 Å². The molecule has 0 unspecified atom stereocenters. The van der Waals surface area contributed by atoms with Gasteiger partial charge in [0.05, 0.1) is 7.11 Å². The Labute approximate surface area is 170 Å². The lowest BCUT2D eigenvalue weighted by Crippen LogP contribution is -2.43. The molecule has 0 atom stereocenters. The van der Waals surface area contributed by atoms with Crippen LogP contribution in [0.1, 0.15) is 43.4 Å². The molecule has 1 saturated carbocycles. The SMILES string of the molecule is COc1cc(C)nc(NC(=S)NCC2(c3cccc(Cl)c3)CCCCC2)n1. The van der Waals surface area contributed by atoms with Gasteiger partial charge in [0.1, 0.15) is 0 Å². The molecular formula is C20H25ClN4OS. The van der Waals surface area contributed by atoms with Crippen molar-refractivity contribution in [2.45, 2.75) is 44.4 Å². The Balaban J connectivity index is 1.70. The maximum Gasteiger partial charge on any atom is 0.232 e. The van der Waals surface area contributed by atoms with E-state index in [1.807, 2.05) is 19.1 Å². The summed E-state index contributed by atoms with van der Waals surface area (Å²) in [6.07, 6.45) is 5.95. The molecule has 5 nitrogen and oxygen atoms in total. The molecular weight excluding hydrogens is 380 g/mol. The van der Waals surface area contributed by atoms with Crippen LogP contribution in [-0.2, 0) is 5.41 Å². The predicted molar refractivity (Wildman–Crippen MR) is 114 cm³/mol. The third-order valence-corrected chi connectivity index (χ3v) is 5.58. The summed E-state index contributed by atoms with van der Waals surface area (Å²) >= 11 is 11.7. The molecule has 7 heteroatoms. The van der Waals surface area contributed by atoms with Gasteiger partial charge < -0.3 is 15.4 Å². The Kier molecular flexibility index (Phi) is 6.50. The summed E-state index contributed by atoms with van der Waals surface area (Å²) < 4.78 is 5.19. The van der Waals surface area contributed by atoms with Gasteiger partial charge in [0.2, 0.25) is 11.8 Å². The number of rotatable bonds is 5. The maximum absolute atomic E-state index is 6.25. The number of ether oxygens (including phenoxy) is 1. The molecule has 1 aliphatic rings. The maximum atomic E-state index is 6.25. The molecule has 0 radical (unpaired) electrons. The van der Waals surface area contributed by atoms with Crippen molar-refractivity contribution >= 4 is 34.9 Å². The number of aryl methyl sites for hydroxylation is 1. The molecule has 3 rings (SSSR count). The Morgan fingerprint density at radius 3 is 2.70 bits per heavy atom. The van der Waals surface area contributed by atoms with E-state index in [9.17, 15) is 0 Å². The molecule has 0 amide bonds. The van der Waals surface area contributed by atoms with Crippen molar-refractivity contribution in [1.29, 1.82) is 0 Å². The summed E-state index contributed by atoms with van der Waals surface area (Å²) in [6, 6.07) is 9.97. The molecule has 27 heavy (non-hydrogen) atoms. The molecule has 1 heterocycles. The number of nitrogens with zero attached hydrogens (tertiary/aromatic N) is 2.